The summed E-state index contributed by atoms with van der Waals surface area (Å²) in [5, 5.41) is 12.1. The molecular formula is C28H29N5O2S. The molecule has 0 saturated carbocycles. The number of aromatic nitrogens is 3. The van der Waals surface area contributed by atoms with E-state index in [0.717, 1.165) is 60.8 Å². The number of hydrogen-bond donors (Lipinski definition) is 0. The average Bonchev–Trinajstić information content (AvgIpc) is 3.48. The largest absolute Gasteiger partial charge is 0.486 e. The van der Waals surface area contributed by atoms with Gasteiger partial charge in [0.05, 0.1) is 23.6 Å². The molecule has 0 radical (unpaired) electrons. The van der Waals surface area contributed by atoms with E-state index in [-0.39, 0.29) is 5.78 Å². The van der Waals surface area contributed by atoms with Crippen molar-refractivity contribution in [3.05, 3.63) is 76.5 Å². The minimum absolute atomic E-state index is 0.0637. The first-order chi connectivity index (χ1) is 17.6. The number of imidazole rings is 1. The first-order valence-electron chi connectivity index (χ1n) is 12.3. The van der Waals surface area contributed by atoms with Crippen LogP contribution in [0.4, 0.5) is 0 Å². The third kappa shape index (κ3) is 5.48. The third-order valence-corrected chi connectivity index (χ3v) is 7.73. The minimum Gasteiger partial charge on any atom is -0.486 e. The minimum atomic E-state index is -0.772. The number of rotatable bonds is 9. The molecule has 2 aromatic heterocycles. The number of benzene rings is 2. The number of likely N-dealkylation sites (tertiary alicyclic amines) is 1. The van der Waals surface area contributed by atoms with E-state index in [1.54, 1.807) is 0 Å². The Morgan fingerprint density at radius 1 is 1.14 bits per heavy atom. The van der Waals surface area contributed by atoms with Crippen molar-refractivity contribution in [3.8, 4) is 11.8 Å². The second-order valence-corrected chi connectivity index (χ2v) is 10.2. The van der Waals surface area contributed by atoms with Crippen molar-refractivity contribution in [2.45, 2.75) is 38.8 Å². The van der Waals surface area contributed by atoms with Crippen molar-refractivity contribution in [2.24, 2.45) is 5.92 Å². The topological polar surface area (TPSA) is 84.0 Å². The van der Waals surface area contributed by atoms with Gasteiger partial charge in [0.15, 0.2) is 11.7 Å². The Balaban J connectivity index is 1.21. The van der Waals surface area contributed by atoms with E-state index in [1.807, 2.05) is 60.8 Å². The van der Waals surface area contributed by atoms with Crippen LogP contribution in [-0.4, -0.2) is 44.9 Å². The number of Topliss-reactive ketones (excluding diaryl/α,β-unsaturated/α-hetero) is 1. The zero-order chi connectivity index (χ0) is 24.9. The highest BCUT2D eigenvalue weighted by Crippen LogP contribution is 2.26. The molecule has 36 heavy (non-hydrogen) atoms. The molecule has 0 aliphatic carbocycles. The molecule has 0 unspecified atom stereocenters. The first-order valence-corrected chi connectivity index (χ1v) is 13.2. The molecule has 0 N–H and O–H groups in total. The maximum absolute atomic E-state index is 12.8. The van der Waals surface area contributed by atoms with Crippen LogP contribution in [0.25, 0.3) is 11.0 Å². The molecular weight excluding hydrogens is 470 g/mol. The summed E-state index contributed by atoms with van der Waals surface area (Å²) in [7, 11) is 0. The quantitative estimate of drug-likeness (QED) is 0.323. The third-order valence-electron chi connectivity index (χ3n) is 6.71. The smallest absolute Gasteiger partial charge is 0.170 e. The van der Waals surface area contributed by atoms with Crippen molar-refractivity contribution >= 4 is 28.2 Å². The predicted molar refractivity (Wildman–Crippen MR) is 140 cm³/mol. The summed E-state index contributed by atoms with van der Waals surface area (Å²) in [6, 6.07) is 20.2. The van der Waals surface area contributed by atoms with Gasteiger partial charge in [0.25, 0.3) is 0 Å². The molecule has 8 heteroatoms. The van der Waals surface area contributed by atoms with Crippen LogP contribution < -0.4 is 4.74 Å². The van der Waals surface area contributed by atoms with Crippen molar-refractivity contribution in [1.29, 1.82) is 5.26 Å². The summed E-state index contributed by atoms with van der Waals surface area (Å²) in [5.74, 6) is 1.40. The first kappa shape index (κ1) is 24.2. The highest BCUT2D eigenvalue weighted by atomic mass is 32.1. The second kappa shape index (κ2) is 11.0. The molecule has 0 bridgehead atoms. The normalized spacial score (nSPS) is 15.6. The standard InChI is InChI=1S/C28H29N5O2S/c1-20-19-36-28(30-20)23(15-29)26(34)17-32-13-11-21(12-14-32)16-33-25-10-6-5-9-24(25)31-27(33)18-35-22-7-3-2-4-8-22/h2-10,19,21,23H,11-14,16-18H2,1H3/t23-/m1/s1. The van der Waals surface area contributed by atoms with Gasteiger partial charge in [-0.05, 0) is 63.0 Å². The number of hydrogen-bond acceptors (Lipinski definition) is 7. The highest BCUT2D eigenvalue weighted by molar-refractivity contribution is 7.09. The zero-order valence-corrected chi connectivity index (χ0v) is 21.2. The van der Waals surface area contributed by atoms with Crippen LogP contribution in [0.15, 0.2) is 60.0 Å². The van der Waals surface area contributed by atoms with Crippen molar-refractivity contribution in [2.75, 3.05) is 19.6 Å². The maximum Gasteiger partial charge on any atom is 0.170 e. The number of ketones is 1. The molecule has 3 heterocycles. The van der Waals surface area contributed by atoms with E-state index < -0.39 is 5.92 Å². The van der Waals surface area contributed by atoms with Crippen LogP contribution >= 0.6 is 11.3 Å². The van der Waals surface area contributed by atoms with Gasteiger partial charge in [-0.15, -0.1) is 11.3 Å². The molecule has 0 spiro atoms. The van der Waals surface area contributed by atoms with Gasteiger partial charge in [0.1, 0.15) is 23.2 Å². The molecule has 1 fully saturated rings. The van der Waals surface area contributed by atoms with Crippen LogP contribution in [0.3, 0.4) is 0 Å². The Morgan fingerprint density at radius 3 is 2.61 bits per heavy atom. The Bertz CT molecular complexity index is 1370. The molecule has 1 aliphatic heterocycles. The second-order valence-electron chi connectivity index (χ2n) is 9.30. The van der Waals surface area contributed by atoms with E-state index >= 15 is 0 Å². The monoisotopic (exact) mass is 499 g/mol. The lowest BCUT2D eigenvalue weighted by Gasteiger charge is -2.32. The number of nitriles is 1. The number of fused-ring (bicyclic) bond motifs is 1. The molecule has 1 saturated heterocycles. The van der Waals surface area contributed by atoms with E-state index in [0.29, 0.717) is 24.1 Å². The summed E-state index contributed by atoms with van der Waals surface area (Å²) in [4.78, 5) is 24.2. The Kier molecular flexibility index (Phi) is 7.40. The molecule has 5 rings (SSSR count). The average molecular weight is 500 g/mol. The molecule has 184 valence electrons. The van der Waals surface area contributed by atoms with Gasteiger partial charge in [-0.25, -0.2) is 9.97 Å². The van der Waals surface area contributed by atoms with Gasteiger partial charge in [-0.1, -0.05) is 30.3 Å². The van der Waals surface area contributed by atoms with Gasteiger partial charge < -0.3 is 9.30 Å². The Labute approximate surface area is 215 Å². The Hall–Kier alpha value is -3.54. The maximum atomic E-state index is 12.8. The molecule has 7 nitrogen and oxygen atoms in total. The van der Waals surface area contributed by atoms with Crippen LogP contribution in [0, 0.1) is 24.2 Å². The number of ether oxygens (including phenoxy) is 1. The summed E-state index contributed by atoms with van der Waals surface area (Å²) >= 11 is 1.39. The van der Waals surface area contributed by atoms with Crippen LogP contribution in [0.2, 0.25) is 0 Å². The molecule has 0 amide bonds. The number of thiazole rings is 1. The molecule has 4 aromatic rings. The van der Waals surface area contributed by atoms with Crippen molar-refractivity contribution < 1.29 is 9.53 Å². The molecule has 2 aromatic carbocycles. The molecule has 1 atom stereocenters. The van der Waals surface area contributed by atoms with Crippen LogP contribution in [0.1, 0.15) is 35.3 Å². The predicted octanol–water partition coefficient (Wildman–Crippen LogP) is 4.97. The number of aryl methyl sites for hydroxylation is 1. The number of nitrogens with zero attached hydrogens (tertiary/aromatic N) is 5. The fourth-order valence-corrected chi connectivity index (χ4v) is 5.63. The van der Waals surface area contributed by atoms with Crippen molar-refractivity contribution in [1.82, 2.24) is 19.4 Å². The van der Waals surface area contributed by atoms with Gasteiger partial charge in [-0.3, -0.25) is 9.69 Å². The number of piperidine rings is 1. The summed E-state index contributed by atoms with van der Waals surface area (Å²) in [5.41, 5.74) is 2.95. The lowest BCUT2D eigenvalue weighted by Crippen LogP contribution is -2.39. The van der Waals surface area contributed by atoms with Crippen LogP contribution in [0.5, 0.6) is 5.75 Å². The summed E-state index contributed by atoms with van der Waals surface area (Å²) < 4.78 is 8.32. The number of carbonyl (C=O) groups is 1. The van der Waals surface area contributed by atoms with E-state index in [2.05, 4.69) is 26.6 Å². The van der Waals surface area contributed by atoms with Gasteiger partial charge in [0.2, 0.25) is 0 Å². The number of carbonyl (C=O) groups excluding carboxylic acids is 1. The van der Waals surface area contributed by atoms with E-state index in [4.69, 9.17) is 9.72 Å². The van der Waals surface area contributed by atoms with Crippen molar-refractivity contribution in [3.63, 3.8) is 0 Å². The number of para-hydroxylation sites is 3. The zero-order valence-electron chi connectivity index (χ0n) is 20.3. The lowest BCUT2D eigenvalue weighted by molar-refractivity contribution is -0.120. The van der Waals surface area contributed by atoms with E-state index in [9.17, 15) is 10.1 Å². The fourth-order valence-electron chi connectivity index (χ4n) is 4.77. The van der Waals surface area contributed by atoms with Crippen LogP contribution in [-0.2, 0) is 17.9 Å². The van der Waals surface area contributed by atoms with Gasteiger partial charge >= 0.3 is 0 Å². The molecule has 1 aliphatic rings. The highest BCUT2D eigenvalue weighted by Gasteiger charge is 2.28. The lowest BCUT2D eigenvalue weighted by atomic mass is 9.95. The summed E-state index contributed by atoms with van der Waals surface area (Å²) in [6.45, 7) is 5.15. The SMILES string of the molecule is Cc1csc([C@H](C#N)C(=O)CN2CCC(Cn3c(COc4ccccc4)nc4ccccc43)CC2)n1. The van der Waals surface area contributed by atoms with Gasteiger partial charge in [-0.2, -0.15) is 5.26 Å². The van der Waals surface area contributed by atoms with Gasteiger partial charge in [0, 0.05) is 17.6 Å². The van der Waals surface area contributed by atoms with E-state index in [1.165, 1.54) is 11.3 Å². The Morgan fingerprint density at radius 2 is 1.89 bits per heavy atom. The summed E-state index contributed by atoms with van der Waals surface area (Å²) in [6.07, 6.45) is 1.98. The fraction of sp³-hybridized carbons (Fsp3) is 0.357.